The van der Waals surface area contributed by atoms with E-state index in [1.807, 2.05) is 0 Å². The van der Waals surface area contributed by atoms with E-state index in [1.165, 1.54) is 12.8 Å². The third kappa shape index (κ3) is 4.11. The summed E-state index contributed by atoms with van der Waals surface area (Å²) < 4.78 is 5.22. The van der Waals surface area contributed by atoms with E-state index in [-0.39, 0.29) is 5.92 Å². The third-order valence-corrected chi connectivity index (χ3v) is 4.71. The normalized spacial score (nSPS) is 21.3. The summed E-state index contributed by atoms with van der Waals surface area (Å²) in [5.41, 5.74) is -0.616. The number of rotatable bonds is 5. The maximum absolute atomic E-state index is 11.9. The Morgan fingerprint density at radius 2 is 1.57 bits per heavy atom. The highest BCUT2D eigenvalue weighted by atomic mass is 16.6. The molecule has 21 heavy (non-hydrogen) atoms. The Hall–Kier alpha value is -1.26. The monoisotopic (exact) mass is 297 g/mol. The summed E-state index contributed by atoms with van der Waals surface area (Å²) in [5, 5.41) is 12.2. The van der Waals surface area contributed by atoms with E-state index in [0.717, 1.165) is 25.7 Å². The lowest BCUT2D eigenvalue weighted by Gasteiger charge is -2.45. The third-order valence-electron chi connectivity index (χ3n) is 4.71. The standard InChI is InChI=1S/C16H27NO4/c1-16(2,3)21-15(20)17-13(14(18)19)12(10-6-4-7-10)11-8-5-9-11/h10-13H,4-9H2,1-3H3,(H,17,20)(H,18,19)/t13-/m0/s1. The van der Waals surface area contributed by atoms with Gasteiger partial charge >= 0.3 is 12.1 Å². The number of ether oxygens (including phenoxy) is 1. The van der Waals surface area contributed by atoms with Gasteiger partial charge in [-0.05, 0) is 38.5 Å². The fraction of sp³-hybridized carbons (Fsp3) is 0.875. The van der Waals surface area contributed by atoms with Gasteiger partial charge in [0.05, 0.1) is 0 Å². The van der Waals surface area contributed by atoms with Crippen molar-refractivity contribution in [3.8, 4) is 0 Å². The van der Waals surface area contributed by atoms with Crippen LogP contribution in [0.4, 0.5) is 4.79 Å². The van der Waals surface area contributed by atoms with Gasteiger partial charge < -0.3 is 15.2 Å². The fourth-order valence-corrected chi connectivity index (χ4v) is 3.34. The Bertz CT molecular complexity index is 380. The Morgan fingerprint density at radius 3 is 1.86 bits per heavy atom. The van der Waals surface area contributed by atoms with Crippen molar-refractivity contribution < 1.29 is 19.4 Å². The van der Waals surface area contributed by atoms with Gasteiger partial charge in [0.1, 0.15) is 11.6 Å². The molecule has 1 atom stereocenters. The van der Waals surface area contributed by atoms with Crippen molar-refractivity contribution in [3.05, 3.63) is 0 Å². The number of hydrogen-bond acceptors (Lipinski definition) is 3. The van der Waals surface area contributed by atoms with Crippen LogP contribution in [-0.2, 0) is 9.53 Å². The fourth-order valence-electron chi connectivity index (χ4n) is 3.34. The van der Waals surface area contributed by atoms with Crippen LogP contribution >= 0.6 is 0 Å². The van der Waals surface area contributed by atoms with E-state index >= 15 is 0 Å². The second kappa shape index (κ2) is 6.24. The van der Waals surface area contributed by atoms with Crippen LogP contribution in [0.5, 0.6) is 0 Å². The SMILES string of the molecule is CC(C)(C)OC(=O)N[C@H](C(=O)O)C(C1CCC1)C1CCC1. The van der Waals surface area contributed by atoms with Gasteiger partial charge in [-0.2, -0.15) is 0 Å². The summed E-state index contributed by atoms with van der Waals surface area (Å²) in [6, 6.07) is -0.824. The number of carboxylic acids is 1. The van der Waals surface area contributed by atoms with Gasteiger partial charge in [-0.3, -0.25) is 0 Å². The van der Waals surface area contributed by atoms with Crippen molar-refractivity contribution in [2.45, 2.75) is 70.9 Å². The minimum absolute atomic E-state index is 0.0533. The molecule has 0 heterocycles. The Balaban J connectivity index is 2.04. The van der Waals surface area contributed by atoms with Crippen LogP contribution in [0.2, 0.25) is 0 Å². The quantitative estimate of drug-likeness (QED) is 0.817. The van der Waals surface area contributed by atoms with Crippen molar-refractivity contribution in [2.75, 3.05) is 0 Å². The van der Waals surface area contributed by atoms with Crippen molar-refractivity contribution >= 4 is 12.1 Å². The highest BCUT2D eigenvalue weighted by Gasteiger charge is 2.44. The van der Waals surface area contributed by atoms with Crippen LogP contribution in [0.1, 0.15) is 59.3 Å². The topological polar surface area (TPSA) is 75.6 Å². The van der Waals surface area contributed by atoms with Crippen LogP contribution in [0, 0.1) is 17.8 Å². The average molecular weight is 297 g/mol. The van der Waals surface area contributed by atoms with Crippen molar-refractivity contribution in [2.24, 2.45) is 17.8 Å². The van der Waals surface area contributed by atoms with Gasteiger partial charge in [0.2, 0.25) is 0 Å². The highest BCUT2D eigenvalue weighted by molar-refractivity contribution is 5.80. The summed E-state index contributed by atoms with van der Waals surface area (Å²) in [7, 11) is 0. The van der Waals surface area contributed by atoms with Crippen molar-refractivity contribution in [3.63, 3.8) is 0 Å². The minimum atomic E-state index is -0.940. The number of amides is 1. The molecule has 2 rings (SSSR count). The highest BCUT2D eigenvalue weighted by Crippen LogP contribution is 2.46. The molecule has 5 nitrogen and oxygen atoms in total. The number of carbonyl (C=O) groups excluding carboxylic acids is 1. The van der Waals surface area contributed by atoms with Gasteiger partial charge in [-0.15, -0.1) is 0 Å². The predicted molar refractivity (Wildman–Crippen MR) is 79.0 cm³/mol. The van der Waals surface area contributed by atoms with Crippen LogP contribution in [0.3, 0.4) is 0 Å². The first-order valence-electron chi connectivity index (χ1n) is 8.00. The molecule has 5 heteroatoms. The van der Waals surface area contributed by atoms with E-state index < -0.39 is 23.7 Å². The summed E-state index contributed by atoms with van der Waals surface area (Å²) in [6.45, 7) is 5.33. The van der Waals surface area contributed by atoms with Crippen LogP contribution in [-0.4, -0.2) is 28.8 Å². The number of nitrogens with one attached hydrogen (secondary N) is 1. The van der Waals surface area contributed by atoms with E-state index in [0.29, 0.717) is 11.8 Å². The first-order chi connectivity index (χ1) is 9.78. The molecular weight excluding hydrogens is 270 g/mol. The molecule has 2 aliphatic rings. The molecule has 2 aliphatic carbocycles. The summed E-state index contributed by atoms with van der Waals surface area (Å²) in [5.74, 6) is -0.0140. The van der Waals surface area contributed by atoms with Gasteiger partial charge in [-0.25, -0.2) is 9.59 Å². The molecule has 0 bridgehead atoms. The molecule has 0 radical (unpaired) electrons. The average Bonchev–Trinajstić information content (AvgIpc) is 2.16. The number of carbonyl (C=O) groups is 2. The van der Waals surface area contributed by atoms with Crippen LogP contribution in [0.25, 0.3) is 0 Å². The zero-order valence-corrected chi connectivity index (χ0v) is 13.2. The molecule has 2 fully saturated rings. The number of aliphatic carboxylic acids is 1. The Kier molecular flexibility index (Phi) is 4.79. The van der Waals surface area contributed by atoms with Gasteiger partial charge in [0.25, 0.3) is 0 Å². The van der Waals surface area contributed by atoms with Crippen molar-refractivity contribution in [1.82, 2.24) is 5.32 Å². The molecule has 0 unspecified atom stereocenters. The van der Waals surface area contributed by atoms with Crippen LogP contribution in [0.15, 0.2) is 0 Å². The van der Waals surface area contributed by atoms with Crippen LogP contribution < -0.4 is 5.32 Å². The molecule has 0 aromatic rings. The minimum Gasteiger partial charge on any atom is -0.480 e. The Labute approximate surface area is 126 Å². The van der Waals surface area contributed by atoms with E-state index in [2.05, 4.69) is 5.32 Å². The zero-order valence-electron chi connectivity index (χ0n) is 13.2. The molecule has 120 valence electrons. The first kappa shape index (κ1) is 16.1. The lowest BCUT2D eigenvalue weighted by molar-refractivity contribution is -0.143. The maximum Gasteiger partial charge on any atom is 0.408 e. The molecule has 2 saturated carbocycles. The second-order valence-electron chi connectivity index (χ2n) is 7.42. The first-order valence-corrected chi connectivity index (χ1v) is 8.00. The largest absolute Gasteiger partial charge is 0.480 e. The zero-order chi connectivity index (χ0) is 15.6. The number of alkyl carbamates (subject to hydrolysis) is 1. The lowest BCUT2D eigenvalue weighted by atomic mass is 9.62. The molecule has 0 aromatic heterocycles. The molecule has 1 amide bonds. The molecule has 0 aromatic carbocycles. The molecule has 0 saturated heterocycles. The molecule has 0 spiro atoms. The lowest BCUT2D eigenvalue weighted by Crippen LogP contribution is -2.53. The predicted octanol–water partition coefficient (Wildman–Crippen LogP) is 3.18. The molecule has 0 aliphatic heterocycles. The van der Waals surface area contributed by atoms with E-state index in [1.54, 1.807) is 20.8 Å². The van der Waals surface area contributed by atoms with Crippen molar-refractivity contribution in [1.29, 1.82) is 0 Å². The number of hydrogen-bond donors (Lipinski definition) is 2. The smallest absolute Gasteiger partial charge is 0.408 e. The van der Waals surface area contributed by atoms with Gasteiger partial charge in [-0.1, -0.05) is 38.5 Å². The molecular formula is C16H27NO4. The number of carboxylic acid groups (broad SMARTS) is 1. The Morgan fingerprint density at radius 1 is 1.10 bits per heavy atom. The van der Waals surface area contributed by atoms with Gasteiger partial charge in [0.15, 0.2) is 0 Å². The summed E-state index contributed by atoms with van der Waals surface area (Å²) >= 11 is 0. The summed E-state index contributed by atoms with van der Waals surface area (Å²) in [6.07, 6.45) is 6.06. The second-order valence-corrected chi connectivity index (χ2v) is 7.42. The summed E-state index contributed by atoms with van der Waals surface area (Å²) in [4.78, 5) is 23.6. The maximum atomic E-state index is 11.9. The van der Waals surface area contributed by atoms with E-state index in [9.17, 15) is 14.7 Å². The van der Waals surface area contributed by atoms with Gasteiger partial charge in [0, 0.05) is 0 Å². The molecule has 2 N–H and O–H groups in total. The van der Waals surface area contributed by atoms with E-state index in [4.69, 9.17) is 4.74 Å².